The van der Waals surface area contributed by atoms with Crippen molar-refractivity contribution in [1.82, 2.24) is 15.5 Å². The number of rotatable bonds is 13. The monoisotopic (exact) mass is 729 g/mol. The van der Waals surface area contributed by atoms with Crippen LogP contribution in [-0.4, -0.2) is 63.4 Å². The molecule has 1 aliphatic rings. The third-order valence-electron chi connectivity index (χ3n) is 7.72. The van der Waals surface area contributed by atoms with Crippen LogP contribution in [0, 0.1) is 0 Å². The molecule has 4 rings (SSSR count). The topological polar surface area (TPSA) is 114 Å². The Morgan fingerprint density at radius 3 is 2.50 bits per heavy atom. The molecule has 260 valence electrons. The number of sulfone groups is 1. The molecular formula is C33H36Cl2F3N3O6S. The minimum atomic E-state index is -4.81. The van der Waals surface area contributed by atoms with Crippen molar-refractivity contribution >= 4 is 45.0 Å². The first-order valence-corrected chi connectivity index (χ1v) is 17.6. The number of hydrogen-bond donors (Lipinski definition) is 2. The number of likely N-dealkylation sites (tertiary alicyclic amines) is 1. The minimum absolute atomic E-state index is 0.0273. The second kappa shape index (κ2) is 16.8. The first-order valence-electron chi connectivity index (χ1n) is 15.2. The highest BCUT2D eigenvalue weighted by Gasteiger charge is 2.36. The predicted molar refractivity (Wildman–Crippen MR) is 176 cm³/mol. The number of amides is 2. The minimum Gasteiger partial charge on any atom is -0.445 e. The lowest BCUT2D eigenvalue weighted by atomic mass is 10.0. The van der Waals surface area contributed by atoms with E-state index in [0.717, 1.165) is 11.6 Å². The fourth-order valence-electron chi connectivity index (χ4n) is 5.27. The van der Waals surface area contributed by atoms with Crippen molar-refractivity contribution in [3.63, 3.8) is 0 Å². The molecule has 1 fully saturated rings. The van der Waals surface area contributed by atoms with Gasteiger partial charge < -0.3 is 20.1 Å². The zero-order chi connectivity index (χ0) is 34.9. The van der Waals surface area contributed by atoms with Crippen molar-refractivity contribution in [3.05, 3.63) is 98.5 Å². The van der Waals surface area contributed by atoms with Gasteiger partial charge in [0.15, 0.2) is 9.84 Å². The lowest BCUT2D eigenvalue weighted by molar-refractivity contribution is -0.138. The number of hydrogen-bond acceptors (Lipinski definition) is 7. The first-order chi connectivity index (χ1) is 22.8. The van der Waals surface area contributed by atoms with Gasteiger partial charge in [-0.15, -0.1) is 0 Å². The number of alkyl carbamates (subject to hydrolysis) is 1. The van der Waals surface area contributed by atoms with E-state index in [1.54, 1.807) is 4.90 Å². The molecule has 3 aromatic rings. The number of benzene rings is 3. The summed E-state index contributed by atoms with van der Waals surface area (Å²) in [6, 6.07) is 15.3. The van der Waals surface area contributed by atoms with Gasteiger partial charge in [0, 0.05) is 41.8 Å². The molecule has 2 N–H and O–H groups in total. The summed E-state index contributed by atoms with van der Waals surface area (Å²) in [4.78, 5) is 26.7. The van der Waals surface area contributed by atoms with Gasteiger partial charge in [0.25, 0.3) is 5.91 Å². The molecule has 3 aromatic carbocycles. The van der Waals surface area contributed by atoms with E-state index in [1.807, 2.05) is 30.3 Å². The number of halogens is 5. The average molecular weight is 731 g/mol. The summed E-state index contributed by atoms with van der Waals surface area (Å²) in [5.41, 5.74) is -0.481. The lowest BCUT2D eigenvalue weighted by Gasteiger charge is -2.33. The van der Waals surface area contributed by atoms with Crippen LogP contribution in [0.2, 0.25) is 10.0 Å². The normalized spacial score (nSPS) is 15.6. The molecule has 15 heteroatoms. The van der Waals surface area contributed by atoms with E-state index in [-0.39, 0.29) is 76.3 Å². The van der Waals surface area contributed by atoms with Crippen LogP contribution < -0.4 is 10.6 Å². The van der Waals surface area contributed by atoms with E-state index in [4.69, 9.17) is 32.7 Å². The molecule has 0 saturated carbocycles. The molecular weight excluding hydrogens is 694 g/mol. The Bertz CT molecular complexity index is 1690. The Morgan fingerprint density at radius 1 is 1.04 bits per heavy atom. The van der Waals surface area contributed by atoms with E-state index < -0.39 is 33.6 Å². The third-order valence-corrected chi connectivity index (χ3v) is 10.1. The zero-order valence-corrected chi connectivity index (χ0v) is 28.4. The Morgan fingerprint density at radius 2 is 1.79 bits per heavy atom. The van der Waals surface area contributed by atoms with Gasteiger partial charge >= 0.3 is 12.3 Å². The highest BCUT2D eigenvalue weighted by atomic mass is 35.5. The van der Waals surface area contributed by atoms with Crippen LogP contribution in [-0.2, 0) is 45.2 Å². The van der Waals surface area contributed by atoms with Crippen LogP contribution in [0.15, 0.2) is 65.6 Å². The van der Waals surface area contributed by atoms with Gasteiger partial charge in [0.2, 0.25) is 0 Å². The average Bonchev–Trinajstić information content (AvgIpc) is 3.05. The quantitative estimate of drug-likeness (QED) is 0.190. The van der Waals surface area contributed by atoms with Crippen LogP contribution in [0.5, 0.6) is 0 Å². The molecule has 1 saturated heterocycles. The molecule has 0 aliphatic carbocycles. The third kappa shape index (κ3) is 10.6. The van der Waals surface area contributed by atoms with Gasteiger partial charge in [-0.1, -0.05) is 60.5 Å². The molecule has 2 amide bonds. The van der Waals surface area contributed by atoms with Crippen molar-refractivity contribution < 1.29 is 40.7 Å². The molecule has 0 bridgehead atoms. The second-order valence-electron chi connectivity index (χ2n) is 11.2. The van der Waals surface area contributed by atoms with Crippen LogP contribution in [0.1, 0.15) is 52.4 Å². The van der Waals surface area contributed by atoms with Crippen LogP contribution in [0.3, 0.4) is 0 Å². The van der Waals surface area contributed by atoms with Gasteiger partial charge in [-0.05, 0) is 66.4 Å². The Balaban J connectivity index is 1.35. The van der Waals surface area contributed by atoms with E-state index >= 15 is 0 Å². The van der Waals surface area contributed by atoms with Crippen molar-refractivity contribution in [2.24, 2.45) is 0 Å². The summed E-state index contributed by atoms with van der Waals surface area (Å²) in [6.45, 7) is 2.45. The Hall–Kier alpha value is -3.36. The number of nitrogens with zero attached hydrogens (tertiary/aromatic N) is 1. The number of carbonyl (C=O) groups is 2. The summed E-state index contributed by atoms with van der Waals surface area (Å²) < 4.78 is 78.9. The van der Waals surface area contributed by atoms with Gasteiger partial charge in [-0.2, -0.15) is 13.2 Å². The number of alkyl halides is 3. The SMILES string of the molecule is CCS(=O)(=O)c1ccc(Cl)cc1CNC(=O)c1cc(Cl)c(CN2CCC[C@H](OCCNC(=O)OCc3ccccc3)C2)c(C(F)(F)F)c1. The molecule has 1 aliphatic heterocycles. The zero-order valence-electron chi connectivity index (χ0n) is 26.1. The lowest BCUT2D eigenvalue weighted by Crippen LogP contribution is -2.40. The largest absolute Gasteiger partial charge is 0.445 e. The summed E-state index contributed by atoms with van der Waals surface area (Å²) in [5.74, 6) is -1.05. The van der Waals surface area contributed by atoms with Gasteiger partial charge in [-0.25, -0.2) is 13.2 Å². The van der Waals surface area contributed by atoms with Crippen molar-refractivity contribution in [3.8, 4) is 0 Å². The summed E-state index contributed by atoms with van der Waals surface area (Å²) in [7, 11) is -3.65. The van der Waals surface area contributed by atoms with Gasteiger partial charge in [-0.3, -0.25) is 9.69 Å². The number of nitrogens with one attached hydrogen (secondary N) is 2. The summed E-state index contributed by atoms with van der Waals surface area (Å²) in [6.07, 6.45) is -4.29. The molecule has 1 atom stereocenters. The highest BCUT2D eigenvalue weighted by Crippen LogP contribution is 2.37. The van der Waals surface area contributed by atoms with E-state index in [2.05, 4.69) is 10.6 Å². The van der Waals surface area contributed by atoms with Crippen molar-refractivity contribution in [1.29, 1.82) is 0 Å². The molecule has 9 nitrogen and oxygen atoms in total. The van der Waals surface area contributed by atoms with Crippen LogP contribution in [0.25, 0.3) is 0 Å². The van der Waals surface area contributed by atoms with E-state index in [9.17, 15) is 31.2 Å². The Labute approximate surface area is 287 Å². The second-order valence-corrected chi connectivity index (χ2v) is 14.3. The highest BCUT2D eigenvalue weighted by molar-refractivity contribution is 7.91. The fraction of sp³-hybridized carbons (Fsp3) is 0.394. The van der Waals surface area contributed by atoms with Crippen molar-refractivity contribution in [2.45, 2.75) is 56.6 Å². The summed E-state index contributed by atoms with van der Waals surface area (Å²) in [5, 5.41) is 5.11. The number of ether oxygens (including phenoxy) is 2. The standard InChI is InChI=1S/C33H36Cl2F3N3O6S/c1-2-48(44,45)30-11-10-25(34)15-24(30)18-40-31(42)23-16-28(33(36,37)38)27(29(35)17-23)20-41-13-6-9-26(19-41)46-14-12-39-32(43)47-21-22-7-4-3-5-8-22/h3-5,7-8,10-11,15-17,26H,2,6,9,12-14,18-21H2,1H3,(H,39,43)(H,40,42)/t26-/m0/s1. The van der Waals surface area contributed by atoms with E-state index in [1.165, 1.54) is 31.2 Å². The fourth-order valence-corrected chi connectivity index (χ4v) is 6.86. The van der Waals surface area contributed by atoms with Crippen LogP contribution >= 0.6 is 23.2 Å². The molecule has 0 radical (unpaired) electrons. The van der Waals surface area contributed by atoms with Gasteiger partial charge in [0.05, 0.1) is 28.9 Å². The maximum absolute atomic E-state index is 14.3. The van der Waals surface area contributed by atoms with Gasteiger partial charge in [0.1, 0.15) is 6.61 Å². The predicted octanol–water partition coefficient (Wildman–Crippen LogP) is 6.64. The molecule has 0 unspecified atom stereocenters. The molecule has 0 spiro atoms. The maximum Gasteiger partial charge on any atom is 0.416 e. The molecule has 1 heterocycles. The number of carbonyl (C=O) groups excluding carboxylic acids is 2. The maximum atomic E-state index is 14.3. The summed E-state index contributed by atoms with van der Waals surface area (Å²) >= 11 is 12.4. The van der Waals surface area contributed by atoms with E-state index in [0.29, 0.717) is 25.9 Å². The van der Waals surface area contributed by atoms with Crippen LogP contribution in [0.4, 0.5) is 18.0 Å². The molecule has 48 heavy (non-hydrogen) atoms. The smallest absolute Gasteiger partial charge is 0.416 e. The Kier molecular flexibility index (Phi) is 13.1. The molecule has 0 aromatic heterocycles. The number of piperidine rings is 1. The van der Waals surface area contributed by atoms with Crippen molar-refractivity contribution in [2.75, 3.05) is 32.0 Å². The first kappa shape index (κ1) is 37.5.